The van der Waals surface area contributed by atoms with Gasteiger partial charge in [-0.2, -0.15) is 0 Å². The molecule has 1 saturated heterocycles. The van der Waals surface area contributed by atoms with Gasteiger partial charge in [-0.3, -0.25) is 9.89 Å². The molecule has 0 amide bonds. The average molecular weight is 368 g/mol. The molecule has 0 spiro atoms. The van der Waals surface area contributed by atoms with Gasteiger partial charge in [-0.15, -0.1) is 0 Å². The van der Waals surface area contributed by atoms with E-state index in [1.165, 1.54) is 23.3 Å². The molecule has 0 unspecified atom stereocenters. The lowest BCUT2D eigenvalue weighted by Gasteiger charge is -2.34. The van der Waals surface area contributed by atoms with Crippen LogP contribution in [0.4, 0.5) is 10.3 Å². The number of anilines is 1. The summed E-state index contributed by atoms with van der Waals surface area (Å²) in [5.74, 6) is 0.229. The summed E-state index contributed by atoms with van der Waals surface area (Å²) >= 11 is 0. The maximum Gasteiger partial charge on any atom is 0.225 e. The maximum atomic E-state index is 12.9. The van der Waals surface area contributed by atoms with Gasteiger partial charge in [0, 0.05) is 56.6 Å². The molecule has 1 N–H and O–H groups in total. The Morgan fingerprint density at radius 1 is 1.04 bits per heavy atom. The van der Waals surface area contributed by atoms with E-state index in [9.17, 15) is 4.39 Å². The van der Waals surface area contributed by atoms with Crippen LogP contribution in [0.15, 0.2) is 41.7 Å². The molecule has 0 bridgehead atoms. The molecule has 3 heterocycles. The van der Waals surface area contributed by atoms with Crippen molar-refractivity contribution in [2.45, 2.75) is 12.8 Å². The lowest BCUT2D eigenvalue weighted by atomic mass is 10.1. The summed E-state index contributed by atoms with van der Waals surface area (Å²) in [5.41, 5.74) is 1.32. The molecule has 2 aromatic rings. The Bertz CT molecular complexity index is 874. The maximum absolute atomic E-state index is 12.9. The van der Waals surface area contributed by atoms with E-state index in [0.29, 0.717) is 5.95 Å². The van der Waals surface area contributed by atoms with Crippen molar-refractivity contribution >= 4 is 11.6 Å². The Morgan fingerprint density at radius 3 is 2.63 bits per heavy atom. The molecule has 27 heavy (non-hydrogen) atoms. The smallest absolute Gasteiger partial charge is 0.225 e. The number of hydrogen-bond donors (Lipinski definition) is 1. The molecule has 6 nitrogen and oxygen atoms in total. The molecule has 7 heteroatoms. The molecule has 1 fully saturated rings. The lowest BCUT2D eigenvalue weighted by Crippen LogP contribution is -2.47. The second-order valence-corrected chi connectivity index (χ2v) is 6.94. The molecule has 0 atom stereocenters. The molecular formula is C20H25FN6. The number of fused-ring (bicyclic) bond motifs is 1. The van der Waals surface area contributed by atoms with Gasteiger partial charge in [0.15, 0.2) is 5.82 Å². The Morgan fingerprint density at radius 2 is 1.81 bits per heavy atom. The van der Waals surface area contributed by atoms with Crippen LogP contribution in [0.2, 0.25) is 0 Å². The first-order valence-electron chi connectivity index (χ1n) is 9.61. The number of aromatic nitrogens is 2. The van der Waals surface area contributed by atoms with E-state index in [-0.39, 0.29) is 0 Å². The molecule has 142 valence electrons. The van der Waals surface area contributed by atoms with Crippen molar-refractivity contribution < 1.29 is 4.39 Å². The molecule has 1 aromatic carbocycles. The Labute approximate surface area is 158 Å². The lowest BCUT2D eigenvalue weighted by molar-refractivity contribution is 0.254. The van der Waals surface area contributed by atoms with Crippen molar-refractivity contribution in [1.29, 1.82) is 0 Å². The molecule has 0 radical (unpaired) electrons. The van der Waals surface area contributed by atoms with Gasteiger partial charge in [0.2, 0.25) is 5.95 Å². The second-order valence-electron chi connectivity index (χ2n) is 6.94. The van der Waals surface area contributed by atoms with Gasteiger partial charge in [0.05, 0.1) is 17.8 Å². The van der Waals surface area contributed by atoms with Crippen LogP contribution in [0.1, 0.15) is 12.8 Å². The normalized spacial score (nSPS) is 17.4. The number of hydrogen-bond acceptors (Lipinski definition) is 6. The van der Waals surface area contributed by atoms with Crippen LogP contribution >= 0.6 is 0 Å². The van der Waals surface area contributed by atoms with Crippen molar-refractivity contribution in [3.63, 3.8) is 0 Å². The summed E-state index contributed by atoms with van der Waals surface area (Å²) in [6, 6.07) is 8.35. The quantitative estimate of drug-likeness (QED) is 0.755. The Balaban J connectivity index is 1.22. The standard InChI is InChI=1S/C20H25FN6/c21-16-14-24-20(25-15-16)27-12-10-26(11-13-27)9-3-7-22-19-6-8-23-18-5-2-1-4-17(18)19/h1-2,4-5,14-15,22H,3,6-13H2. The largest absolute Gasteiger partial charge is 0.388 e. The molecule has 0 saturated carbocycles. The van der Waals surface area contributed by atoms with Gasteiger partial charge < -0.3 is 10.2 Å². The van der Waals surface area contributed by atoms with E-state index >= 15 is 0 Å². The van der Waals surface area contributed by atoms with Crippen LogP contribution in [0, 0.1) is 5.82 Å². The highest BCUT2D eigenvalue weighted by atomic mass is 19.1. The summed E-state index contributed by atoms with van der Waals surface area (Å²) in [7, 11) is 0. The zero-order chi connectivity index (χ0) is 18.5. The van der Waals surface area contributed by atoms with Gasteiger partial charge in [-0.05, 0) is 19.0 Å². The van der Waals surface area contributed by atoms with Crippen LogP contribution in [-0.4, -0.2) is 60.7 Å². The van der Waals surface area contributed by atoms with Gasteiger partial charge in [0.25, 0.3) is 0 Å². The van der Waals surface area contributed by atoms with Crippen LogP contribution in [0.25, 0.3) is 5.70 Å². The van der Waals surface area contributed by atoms with Crippen molar-refractivity contribution in [3.8, 4) is 0 Å². The van der Waals surface area contributed by atoms with E-state index in [1.807, 2.05) is 6.07 Å². The number of rotatable bonds is 6. The van der Waals surface area contributed by atoms with Crippen molar-refractivity contribution in [2.75, 3.05) is 50.7 Å². The minimum absolute atomic E-state index is 0.392. The van der Waals surface area contributed by atoms with Crippen molar-refractivity contribution in [2.24, 2.45) is 4.99 Å². The van der Waals surface area contributed by atoms with Crippen molar-refractivity contribution in [3.05, 3.63) is 53.1 Å². The Kier molecular flexibility index (Phi) is 5.58. The van der Waals surface area contributed by atoms with Gasteiger partial charge >= 0.3 is 0 Å². The first kappa shape index (κ1) is 17.9. The first-order valence-corrected chi connectivity index (χ1v) is 9.61. The molecule has 1 aromatic heterocycles. The molecule has 0 aliphatic carbocycles. The van der Waals surface area contributed by atoms with Gasteiger partial charge in [-0.25, -0.2) is 14.4 Å². The monoisotopic (exact) mass is 368 g/mol. The fourth-order valence-corrected chi connectivity index (χ4v) is 3.66. The second kappa shape index (κ2) is 8.43. The number of nitrogens with one attached hydrogen (secondary N) is 1. The minimum Gasteiger partial charge on any atom is -0.388 e. The predicted molar refractivity (Wildman–Crippen MR) is 103 cm³/mol. The van der Waals surface area contributed by atoms with Crippen LogP contribution in [0.5, 0.6) is 0 Å². The third-order valence-corrected chi connectivity index (χ3v) is 5.12. The zero-order valence-electron chi connectivity index (χ0n) is 15.4. The van der Waals surface area contributed by atoms with E-state index in [1.54, 1.807) is 0 Å². The molecule has 4 rings (SSSR count). The number of nitrogens with zero attached hydrogens (tertiary/aromatic N) is 5. The number of halogens is 1. The zero-order valence-corrected chi connectivity index (χ0v) is 15.4. The van der Waals surface area contributed by atoms with E-state index < -0.39 is 5.82 Å². The predicted octanol–water partition coefficient (Wildman–Crippen LogP) is 0.549. The van der Waals surface area contributed by atoms with Crippen LogP contribution in [0.3, 0.4) is 0 Å². The third kappa shape index (κ3) is 4.42. The molecule has 2 aliphatic rings. The number of benzene rings is 1. The average Bonchev–Trinajstić information content (AvgIpc) is 2.72. The highest BCUT2D eigenvalue weighted by molar-refractivity contribution is 5.43. The third-order valence-electron chi connectivity index (χ3n) is 5.12. The van der Waals surface area contributed by atoms with E-state index in [0.717, 1.165) is 64.0 Å². The molecular weight excluding hydrogens is 343 g/mol. The first-order chi connectivity index (χ1) is 13.3. The van der Waals surface area contributed by atoms with Gasteiger partial charge in [0.1, 0.15) is 0 Å². The highest BCUT2D eigenvalue weighted by Gasteiger charge is 2.18. The summed E-state index contributed by atoms with van der Waals surface area (Å²) in [5, 5.41) is 5.97. The summed E-state index contributed by atoms with van der Waals surface area (Å²) in [6.07, 6.45) is 4.56. The van der Waals surface area contributed by atoms with E-state index in [4.69, 9.17) is 0 Å². The van der Waals surface area contributed by atoms with Gasteiger partial charge in [-0.1, -0.05) is 18.2 Å². The fourth-order valence-electron chi connectivity index (χ4n) is 3.66. The SMILES string of the molecule is Fc1cnc(N2CCN(CCCNC3=c4ccccc4=NCC3)CC2)nc1. The topological polar surface area (TPSA) is 56.7 Å². The highest BCUT2D eigenvalue weighted by Crippen LogP contribution is 2.10. The molecule has 2 aliphatic heterocycles. The summed E-state index contributed by atoms with van der Waals surface area (Å²) in [4.78, 5) is 17.3. The minimum atomic E-state index is -0.392. The van der Waals surface area contributed by atoms with Crippen molar-refractivity contribution in [1.82, 2.24) is 20.2 Å². The van der Waals surface area contributed by atoms with E-state index in [2.05, 4.69) is 48.3 Å². The summed E-state index contributed by atoms with van der Waals surface area (Å²) in [6.45, 7) is 6.65. The summed E-state index contributed by atoms with van der Waals surface area (Å²) < 4.78 is 12.9. The fraction of sp³-hybridized carbons (Fsp3) is 0.450. The number of para-hydroxylation sites is 1. The van der Waals surface area contributed by atoms with Crippen LogP contribution in [-0.2, 0) is 0 Å². The number of piperazine rings is 1. The van der Waals surface area contributed by atoms with Crippen LogP contribution < -0.4 is 20.8 Å². The Hall–Kier alpha value is -2.54.